The largest absolute Gasteiger partial charge is 0.390 e. The molecule has 0 radical (unpaired) electrons. The van der Waals surface area contributed by atoms with Crippen molar-refractivity contribution in [1.29, 1.82) is 0 Å². The minimum absolute atomic E-state index is 0.0225. The van der Waals surface area contributed by atoms with Gasteiger partial charge in [0.15, 0.2) is 0 Å². The Hall–Kier alpha value is -1.10. The van der Waals surface area contributed by atoms with Gasteiger partial charge in [-0.3, -0.25) is 0 Å². The maximum Gasteiger partial charge on any atom is 0.332 e. The molecule has 1 atom stereocenters. The van der Waals surface area contributed by atoms with E-state index in [9.17, 15) is 9.90 Å². The number of carbonyl (C=O) groups excluding carboxylic acids is 1. The number of nitrogens with two attached hydrogens (primary N) is 1. The van der Waals surface area contributed by atoms with Gasteiger partial charge in [0.05, 0.1) is 5.60 Å². The van der Waals surface area contributed by atoms with Crippen LogP contribution in [0, 0.1) is 5.92 Å². The summed E-state index contributed by atoms with van der Waals surface area (Å²) in [6, 6.07) is -0.668. The van der Waals surface area contributed by atoms with E-state index in [0.29, 0.717) is 0 Å². The zero-order valence-corrected chi connectivity index (χ0v) is 8.58. The number of hydrogen-bond donors (Lipinski definition) is 3. The molecule has 5 nitrogen and oxygen atoms in total. The van der Waals surface area contributed by atoms with Crippen molar-refractivity contribution in [2.75, 3.05) is 0 Å². The smallest absolute Gasteiger partial charge is 0.332 e. The Morgan fingerprint density at radius 2 is 2.36 bits per heavy atom. The molecule has 0 heterocycles. The molecule has 0 spiro atoms. The monoisotopic (exact) mass is 199 g/mol. The average Bonchev–Trinajstić information content (AvgIpc) is 2.46. The lowest BCUT2D eigenvalue weighted by atomic mass is 9.89. The molecular weight excluding hydrogens is 182 g/mol. The molecule has 2 amide bonds. The Morgan fingerprint density at radius 1 is 1.71 bits per heavy atom. The minimum Gasteiger partial charge on any atom is -0.390 e. The van der Waals surface area contributed by atoms with Gasteiger partial charge in [-0.2, -0.15) is 5.10 Å². The summed E-state index contributed by atoms with van der Waals surface area (Å²) in [5.74, 6) is 0.0225. The lowest BCUT2D eigenvalue weighted by molar-refractivity contribution is 0.0450. The molecule has 1 fully saturated rings. The van der Waals surface area contributed by atoms with E-state index in [1.54, 1.807) is 13.8 Å². The number of urea groups is 1. The molecule has 1 rings (SSSR count). The summed E-state index contributed by atoms with van der Waals surface area (Å²) in [6.07, 6.45) is 2.71. The molecule has 1 aliphatic rings. The van der Waals surface area contributed by atoms with Crippen LogP contribution in [0.2, 0.25) is 0 Å². The normalized spacial score (nSPS) is 25.4. The lowest BCUT2D eigenvalue weighted by Crippen LogP contribution is -2.35. The van der Waals surface area contributed by atoms with Gasteiger partial charge in [-0.05, 0) is 33.1 Å². The molecule has 0 aromatic heterocycles. The predicted octanol–water partition coefficient (Wildman–Crippen LogP) is 0.582. The van der Waals surface area contributed by atoms with Crippen LogP contribution in [-0.2, 0) is 0 Å². The number of nitrogens with zero attached hydrogens (tertiary/aromatic N) is 1. The number of hydrazone groups is 1. The van der Waals surface area contributed by atoms with E-state index in [1.165, 1.54) is 0 Å². The van der Waals surface area contributed by atoms with Gasteiger partial charge in [-0.15, -0.1) is 0 Å². The third-order valence-corrected chi connectivity index (χ3v) is 2.49. The number of hydrogen-bond acceptors (Lipinski definition) is 3. The maximum atomic E-state index is 10.5. The third kappa shape index (κ3) is 2.70. The topological polar surface area (TPSA) is 87.7 Å². The first-order chi connectivity index (χ1) is 6.41. The van der Waals surface area contributed by atoms with Crippen molar-refractivity contribution in [1.82, 2.24) is 5.43 Å². The van der Waals surface area contributed by atoms with Crippen molar-refractivity contribution in [3.63, 3.8) is 0 Å². The van der Waals surface area contributed by atoms with Crippen LogP contribution in [0.1, 0.15) is 33.1 Å². The Kier molecular flexibility index (Phi) is 3.10. The number of amides is 2. The SMILES string of the molecule is CC(C)(O)C1CCC/C1=N/NC(N)=O. The Labute approximate surface area is 83.4 Å². The zero-order valence-electron chi connectivity index (χ0n) is 8.58. The second-order valence-electron chi connectivity index (χ2n) is 4.18. The van der Waals surface area contributed by atoms with Crippen LogP contribution in [-0.4, -0.2) is 22.5 Å². The van der Waals surface area contributed by atoms with E-state index in [1.807, 2.05) is 0 Å². The first-order valence-electron chi connectivity index (χ1n) is 4.75. The van der Waals surface area contributed by atoms with Crippen LogP contribution in [0.15, 0.2) is 5.10 Å². The van der Waals surface area contributed by atoms with Crippen LogP contribution in [0.4, 0.5) is 4.79 Å². The van der Waals surface area contributed by atoms with Gasteiger partial charge in [0, 0.05) is 11.6 Å². The summed E-state index contributed by atoms with van der Waals surface area (Å²) in [7, 11) is 0. The van der Waals surface area contributed by atoms with Gasteiger partial charge < -0.3 is 10.8 Å². The minimum atomic E-state index is -0.783. The quantitative estimate of drug-likeness (QED) is 0.568. The fourth-order valence-corrected chi connectivity index (χ4v) is 1.85. The van der Waals surface area contributed by atoms with Crippen molar-refractivity contribution in [3.8, 4) is 0 Å². The van der Waals surface area contributed by atoms with Crippen molar-refractivity contribution in [2.45, 2.75) is 38.7 Å². The number of nitrogens with one attached hydrogen (secondary N) is 1. The highest BCUT2D eigenvalue weighted by Gasteiger charge is 2.34. The van der Waals surface area contributed by atoms with E-state index in [2.05, 4.69) is 10.5 Å². The molecule has 5 heteroatoms. The molecule has 1 unspecified atom stereocenters. The lowest BCUT2D eigenvalue weighted by Gasteiger charge is -2.25. The van der Waals surface area contributed by atoms with Gasteiger partial charge in [-0.25, -0.2) is 10.2 Å². The van der Waals surface area contributed by atoms with Gasteiger partial charge in [0.2, 0.25) is 0 Å². The average molecular weight is 199 g/mol. The number of aliphatic hydroxyl groups is 1. The summed E-state index contributed by atoms with van der Waals surface area (Å²) in [6.45, 7) is 3.51. The van der Waals surface area contributed by atoms with Crippen molar-refractivity contribution < 1.29 is 9.90 Å². The summed E-state index contributed by atoms with van der Waals surface area (Å²) in [5.41, 5.74) is 7.16. The van der Waals surface area contributed by atoms with Crippen molar-refractivity contribution >= 4 is 11.7 Å². The standard InChI is InChI=1S/C9H17N3O2/c1-9(2,14)6-4-3-5-7(6)11-12-8(10)13/h6,14H,3-5H2,1-2H3,(H3,10,12,13)/b11-7-. The highest BCUT2D eigenvalue weighted by molar-refractivity contribution is 5.90. The highest BCUT2D eigenvalue weighted by Crippen LogP contribution is 2.31. The first-order valence-corrected chi connectivity index (χ1v) is 4.75. The summed E-state index contributed by atoms with van der Waals surface area (Å²) in [4.78, 5) is 10.5. The first kappa shape index (κ1) is 11.0. The van der Waals surface area contributed by atoms with Gasteiger partial charge in [0.25, 0.3) is 0 Å². The van der Waals surface area contributed by atoms with E-state index in [4.69, 9.17) is 5.73 Å². The van der Waals surface area contributed by atoms with Crippen LogP contribution in [0.5, 0.6) is 0 Å². The summed E-state index contributed by atoms with van der Waals surface area (Å²) < 4.78 is 0. The van der Waals surface area contributed by atoms with Gasteiger partial charge in [-0.1, -0.05) is 0 Å². The molecule has 0 aliphatic heterocycles. The molecule has 14 heavy (non-hydrogen) atoms. The third-order valence-electron chi connectivity index (χ3n) is 2.49. The molecule has 0 aromatic carbocycles. The van der Waals surface area contributed by atoms with Crippen molar-refractivity contribution in [2.24, 2.45) is 16.8 Å². The zero-order chi connectivity index (χ0) is 10.8. The van der Waals surface area contributed by atoms with E-state index in [-0.39, 0.29) is 5.92 Å². The molecule has 1 aliphatic carbocycles. The fourth-order valence-electron chi connectivity index (χ4n) is 1.85. The molecule has 0 saturated heterocycles. The Bertz CT molecular complexity index is 255. The second-order valence-corrected chi connectivity index (χ2v) is 4.18. The fraction of sp³-hybridized carbons (Fsp3) is 0.778. The van der Waals surface area contributed by atoms with Crippen LogP contribution in [0.3, 0.4) is 0 Å². The van der Waals surface area contributed by atoms with E-state index >= 15 is 0 Å². The second kappa shape index (κ2) is 3.96. The van der Waals surface area contributed by atoms with Crippen LogP contribution < -0.4 is 11.2 Å². The number of carbonyl (C=O) groups is 1. The predicted molar refractivity (Wildman–Crippen MR) is 53.8 cm³/mol. The highest BCUT2D eigenvalue weighted by atomic mass is 16.3. The molecular formula is C9H17N3O2. The molecule has 4 N–H and O–H groups in total. The van der Waals surface area contributed by atoms with Gasteiger partial charge in [0.1, 0.15) is 0 Å². The van der Waals surface area contributed by atoms with E-state index in [0.717, 1.165) is 25.0 Å². The Balaban J connectivity index is 2.68. The Morgan fingerprint density at radius 3 is 2.86 bits per heavy atom. The summed E-state index contributed by atoms with van der Waals surface area (Å²) in [5, 5.41) is 13.7. The summed E-state index contributed by atoms with van der Waals surface area (Å²) >= 11 is 0. The molecule has 0 bridgehead atoms. The van der Waals surface area contributed by atoms with Gasteiger partial charge >= 0.3 is 6.03 Å². The van der Waals surface area contributed by atoms with Crippen LogP contribution in [0.25, 0.3) is 0 Å². The number of primary amides is 1. The molecule has 80 valence electrons. The molecule has 0 aromatic rings. The molecule has 1 saturated carbocycles. The maximum absolute atomic E-state index is 10.5. The van der Waals surface area contributed by atoms with Crippen molar-refractivity contribution in [3.05, 3.63) is 0 Å². The van der Waals surface area contributed by atoms with E-state index < -0.39 is 11.6 Å². The number of rotatable bonds is 2. The van der Waals surface area contributed by atoms with Crippen LogP contribution >= 0.6 is 0 Å².